The van der Waals surface area contributed by atoms with Crippen LogP contribution in [0.3, 0.4) is 0 Å². The number of hydrogen-bond donors (Lipinski definition) is 2. The number of imide groups is 1. The van der Waals surface area contributed by atoms with Gasteiger partial charge in [0, 0.05) is 63.0 Å². The largest absolute Gasteiger partial charge is 0.492 e. The van der Waals surface area contributed by atoms with Gasteiger partial charge in [0.2, 0.25) is 12.3 Å². The van der Waals surface area contributed by atoms with E-state index in [1.54, 1.807) is 48.8 Å². The summed E-state index contributed by atoms with van der Waals surface area (Å²) in [6.07, 6.45) is 7.27. The third-order valence-electron chi connectivity index (χ3n) is 10.2. The van der Waals surface area contributed by atoms with Crippen molar-refractivity contribution in [2.75, 3.05) is 58.3 Å². The molecule has 56 heavy (non-hydrogen) atoms. The molecule has 15 heteroatoms. The average Bonchev–Trinajstić information content (AvgIpc) is 3.21. The minimum Gasteiger partial charge on any atom is -0.492 e. The number of hydrogen-bond acceptors (Lipinski definition) is 13. The first kappa shape index (κ1) is 45.4. The van der Waals surface area contributed by atoms with E-state index in [0.717, 1.165) is 64.0 Å². The molecule has 4 heterocycles. The Kier molecular flexibility index (Phi) is 17.8. The molecule has 2 amide bonds. The maximum absolute atomic E-state index is 10.7. The quantitative estimate of drug-likeness (QED) is 0.159. The number of rotatable bonds is 15. The molecule has 2 aromatic heterocycles. The van der Waals surface area contributed by atoms with Crippen molar-refractivity contribution in [2.45, 2.75) is 77.1 Å². The van der Waals surface area contributed by atoms with Crippen LogP contribution in [0.2, 0.25) is 5.02 Å². The fraction of sp³-hybridized carbons (Fsp3) is 0.488. The third kappa shape index (κ3) is 13.1. The van der Waals surface area contributed by atoms with Gasteiger partial charge in [0.15, 0.2) is 12.6 Å². The number of nitrogens with zero attached hydrogens (tertiary/aromatic N) is 6. The minimum atomic E-state index is -0.220. The van der Waals surface area contributed by atoms with Crippen molar-refractivity contribution < 1.29 is 28.7 Å². The second kappa shape index (κ2) is 22.0. The van der Waals surface area contributed by atoms with Gasteiger partial charge in [-0.1, -0.05) is 11.6 Å². The number of benzene rings is 1. The van der Waals surface area contributed by atoms with Gasteiger partial charge in [-0.3, -0.25) is 34.3 Å². The summed E-state index contributed by atoms with van der Waals surface area (Å²) < 4.78 is 11.8. The first-order chi connectivity index (χ1) is 26.7. The predicted octanol–water partition coefficient (Wildman–Crippen LogP) is 4.80. The monoisotopic (exact) mass is 790 g/mol. The zero-order valence-corrected chi connectivity index (χ0v) is 34.2. The van der Waals surface area contributed by atoms with E-state index in [4.69, 9.17) is 26.3 Å². The molecule has 302 valence electrons. The van der Waals surface area contributed by atoms with Crippen molar-refractivity contribution in [3.05, 3.63) is 76.7 Å². The van der Waals surface area contributed by atoms with Gasteiger partial charge in [0.25, 0.3) is 0 Å². The van der Waals surface area contributed by atoms with E-state index < -0.39 is 0 Å². The summed E-state index contributed by atoms with van der Waals surface area (Å²) in [5.74, 6) is 2.10. The first-order valence-electron chi connectivity index (χ1n) is 18.6. The SMILES string of the molecule is CN1C(C)(C)C(Oc2ccc(C#N)c(Cl)c2)C1(C)C.CNC(C)CCC(=O)NC=O.O=Cc1ccc(N2CCN(CCCOc3ccc(C=O)nc3)CC2)nc1. The Balaban J connectivity index is 0.000000246. The molecule has 2 N–H and O–H groups in total. The maximum Gasteiger partial charge on any atom is 0.226 e. The zero-order chi connectivity index (χ0) is 41.3. The number of amides is 2. The van der Waals surface area contributed by atoms with Crippen molar-refractivity contribution in [2.24, 2.45) is 0 Å². The Labute approximate surface area is 335 Å². The fourth-order valence-electron chi connectivity index (χ4n) is 6.49. The van der Waals surface area contributed by atoms with Crippen LogP contribution >= 0.6 is 11.6 Å². The van der Waals surface area contributed by atoms with Crippen LogP contribution in [-0.2, 0) is 9.59 Å². The molecule has 0 spiro atoms. The van der Waals surface area contributed by atoms with Crippen molar-refractivity contribution in [1.82, 2.24) is 30.4 Å². The van der Waals surface area contributed by atoms with Gasteiger partial charge in [-0.2, -0.15) is 5.26 Å². The molecule has 2 saturated heterocycles. The van der Waals surface area contributed by atoms with E-state index >= 15 is 0 Å². The van der Waals surface area contributed by atoms with E-state index in [1.807, 2.05) is 26.1 Å². The lowest BCUT2D eigenvalue weighted by atomic mass is 9.70. The molecule has 2 fully saturated rings. The standard InChI is InChI=1S/C19H22N4O3.C15H19ClN2O.C7H14N2O2/c24-14-16-2-5-19(21-12-16)23-9-7-22(8-10-23)6-1-11-26-18-4-3-17(15-25)20-13-18;1-14(2)13(15(3,4)18(14)5)19-11-7-6-10(9-17)12(16)8-11;1-6(8-2)3-4-7(11)9-5-10/h2-5,12-15H,1,6-11H2;6-8,13H,1-5H3;5-6,8H,3-4H2,1-2H3,(H,9,10,11). The lowest BCUT2D eigenvalue weighted by molar-refractivity contribution is -0.189. The van der Waals surface area contributed by atoms with Gasteiger partial charge in [-0.15, -0.1) is 0 Å². The lowest BCUT2D eigenvalue weighted by Crippen LogP contribution is -2.79. The molecule has 1 aromatic carbocycles. The number of pyridine rings is 2. The molecule has 1 unspecified atom stereocenters. The normalized spacial score (nSPS) is 16.6. The Morgan fingerprint density at radius 2 is 1.70 bits per heavy atom. The Hall–Kier alpha value is -4.94. The van der Waals surface area contributed by atoms with Gasteiger partial charge in [-0.25, -0.2) is 9.97 Å². The first-order valence-corrected chi connectivity index (χ1v) is 19.0. The number of carbonyl (C=O) groups excluding carboxylic acids is 4. The molecule has 0 saturated carbocycles. The summed E-state index contributed by atoms with van der Waals surface area (Å²) >= 11 is 6.03. The molecule has 14 nitrogen and oxygen atoms in total. The lowest BCUT2D eigenvalue weighted by Gasteiger charge is -2.64. The summed E-state index contributed by atoms with van der Waals surface area (Å²) in [5, 5.41) is 14.4. The van der Waals surface area contributed by atoms with Crippen molar-refractivity contribution in [3.63, 3.8) is 0 Å². The Morgan fingerprint density at radius 3 is 2.23 bits per heavy atom. The van der Waals surface area contributed by atoms with E-state index in [-0.39, 0.29) is 23.1 Å². The third-order valence-corrected chi connectivity index (χ3v) is 10.5. The molecule has 3 aromatic rings. The van der Waals surface area contributed by atoms with Gasteiger partial charge in [-0.05, 0) is 98.0 Å². The van der Waals surface area contributed by atoms with Crippen LogP contribution in [0.4, 0.5) is 5.82 Å². The Bertz CT molecular complexity index is 1740. The van der Waals surface area contributed by atoms with E-state index in [1.165, 1.54) is 0 Å². The summed E-state index contributed by atoms with van der Waals surface area (Å²) in [6.45, 7) is 16.0. The number of halogens is 1. The van der Waals surface area contributed by atoms with Crippen LogP contribution in [0.5, 0.6) is 11.5 Å². The number of anilines is 1. The summed E-state index contributed by atoms with van der Waals surface area (Å²) in [6, 6.07) is 14.7. The van der Waals surface area contributed by atoms with Crippen molar-refractivity contribution in [3.8, 4) is 17.6 Å². The van der Waals surface area contributed by atoms with E-state index in [0.29, 0.717) is 58.8 Å². The van der Waals surface area contributed by atoms with Crippen LogP contribution in [0.15, 0.2) is 54.9 Å². The highest BCUT2D eigenvalue weighted by atomic mass is 35.5. The van der Waals surface area contributed by atoms with Gasteiger partial charge < -0.3 is 19.7 Å². The average molecular weight is 791 g/mol. The Morgan fingerprint density at radius 1 is 1.00 bits per heavy atom. The highest BCUT2D eigenvalue weighted by Crippen LogP contribution is 2.45. The number of piperazine rings is 1. The summed E-state index contributed by atoms with van der Waals surface area (Å²) in [7, 11) is 3.94. The second-order valence-corrected chi connectivity index (χ2v) is 15.1. The number of carbonyl (C=O) groups is 4. The van der Waals surface area contributed by atoms with Gasteiger partial charge >= 0.3 is 0 Å². The number of nitriles is 1. The molecular weight excluding hydrogens is 736 g/mol. The number of aromatic nitrogens is 2. The van der Waals surface area contributed by atoms with Gasteiger partial charge in [0.1, 0.15) is 35.2 Å². The molecule has 2 aliphatic heterocycles. The minimum absolute atomic E-state index is 0.0239. The van der Waals surface area contributed by atoms with Crippen LogP contribution in [0, 0.1) is 11.3 Å². The summed E-state index contributed by atoms with van der Waals surface area (Å²) in [5.41, 5.74) is 1.43. The van der Waals surface area contributed by atoms with Gasteiger partial charge in [0.05, 0.1) is 34.5 Å². The number of ether oxygens (including phenoxy) is 2. The number of nitrogens with one attached hydrogen (secondary N) is 2. The second-order valence-electron chi connectivity index (χ2n) is 14.7. The van der Waals surface area contributed by atoms with Crippen molar-refractivity contribution in [1.29, 1.82) is 5.26 Å². The maximum atomic E-state index is 10.7. The van der Waals surface area contributed by atoms with Crippen LogP contribution < -0.4 is 25.0 Å². The zero-order valence-electron chi connectivity index (χ0n) is 33.5. The highest BCUT2D eigenvalue weighted by Gasteiger charge is 2.59. The van der Waals surface area contributed by atoms with Crippen LogP contribution in [-0.4, -0.2) is 121 Å². The van der Waals surface area contributed by atoms with Crippen molar-refractivity contribution >= 4 is 42.3 Å². The summed E-state index contributed by atoms with van der Waals surface area (Å²) in [4.78, 5) is 57.0. The molecule has 2 aliphatic rings. The molecule has 1 atom stereocenters. The topological polar surface area (TPSA) is 170 Å². The van der Waals surface area contributed by atoms with Crippen LogP contribution in [0.25, 0.3) is 0 Å². The highest BCUT2D eigenvalue weighted by molar-refractivity contribution is 6.31. The van der Waals surface area contributed by atoms with E-state index in [2.05, 4.69) is 70.0 Å². The predicted molar refractivity (Wildman–Crippen MR) is 216 cm³/mol. The molecule has 0 radical (unpaired) electrons. The molecular formula is C41H55ClN8O6. The number of likely N-dealkylation sites (N-methyl/N-ethyl adjacent to an activating group) is 1. The molecule has 0 aliphatic carbocycles. The fourth-order valence-corrected chi connectivity index (χ4v) is 6.70. The number of aldehydes is 2. The van der Waals surface area contributed by atoms with Crippen LogP contribution in [0.1, 0.15) is 80.3 Å². The molecule has 0 bridgehead atoms. The number of likely N-dealkylation sites (tertiary alicyclic amines) is 1. The smallest absolute Gasteiger partial charge is 0.226 e. The molecule has 5 rings (SSSR count). The van der Waals surface area contributed by atoms with E-state index in [9.17, 15) is 19.2 Å².